The van der Waals surface area contributed by atoms with E-state index in [1.807, 2.05) is 0 Å². The van der Waals surface area contributed by atoms with E-state index < -0.39 is 0 Å². The molecule has 1 saturated carbocycles. The summed E-state index contributed by atoms with van der Waals surface area (Å²) in [5, 5.41) is 12.7. The van der Waals surface area contributed by atoms with Crippen LogP contribution in [0.2, 0.25) is 0 Å². The van der Waals surface area contributed by atoms with E-state index in [0.29, 0.717) is 12.0 Å². The molecule has 0 saturated heterocycles. The first-order valence-corrected chi connectivity index (χ1v) is 7.48. The van der Waals surface area contributed by atoms with Crippen molar-refractivity contribution in [1.82, 2.24) is 5.32 Å². The molecule has 0 radical (unpaired) electrons. The van der Waals surface area contributed by atoms with Crippen molar-refractivity contribution >= 4 is 0 Å². The second-order valence-electron chi connectivity index (χ2n) is 6.41. The Morgan fingerprint density at radius 1 is 1.06 bits per heavy atom. The Hall–Kier alpha value is -0.0800. The van der Waals surface area contributed by atoms with E-state index in [9.17, 15) is 0 Å². The zero-order chi connectivity index (χ0) is 12.6. The smallest absolute Gasteiger partial charge is 0.0431 e. The van der Waals surface area contributed by atoms with Gasteiger partial charge in [0.05, 0.1) is 0 Å². The Labute approximate surface area is 107 Å². The maximum absolute atomic E-state index is 8.89. The van der Waals surface area contributed by atoms with Crippen LogP contribution in [0.5, 0.6) is 0 Å². The second kappa shape index (κ2) is 8.10. The van der Waals surface area contributed by atoms with Crippen LogP contribution in [0.1, 0.15) is 71.6 Å². The van der Waals surface area contributed by atoms with Crippen LogP contribution in [0, 0.1) is 5.41 Å². The van der Waals surface area contributed by atoms with E-state index >= 15 is 0 Å². The summed E-state index contributed by atoms with van der Waals surface area (Å²) in [7, 11) is 0. The topological polar surface area (TPSA) is 32.3 Å². The molecule has 0 aromatic carbocycles. The van der Waals surface area contributed by atoms with Crippen LogP contribution in [-0.2, 0) is 0 Å². The van der Waals surface area contributed by atoms with Crippen molar-refractivity contribution in [3.63, 3.8) is 0 Å². The molecule has 2 N–H and O–H groups in total. The minimum atomic E-state index is 0.325. The molecule has 0 aliphatic heterocycles. The molecule has 0 spiro atoms. The molecule has 0 heterocycles. The van der Waals surface area contributed by atoms with Crippen LogP contribution in [0.4, 0.5) is 0 Å². The van der Waals surface area contributed by atoms with Gasteiger partial charge in [0, 0.05) is 19.2 Å². The lowest BCUT2D eigenvalue weighted by Gasteiger charge is -2.29. The first-order chi connectivity index (χ1) is 8.14. The highest BCUT2D eigenvalue weighted by Gasteiger charge is 2.19. The van der Waals surface area contributed by atoms with Gasteiger partial charge in [-0.25, -0.2) is 0 Å². The Bertz CT molecular complexity index is 183. The molecule has 1 rings (SSSR count). The predicted molar refractivity (Wildman–Crippen MR) is 74.2 cm³/mol. The number of hydrogen-bond acceptors (Lipinski definition) is 2. The van der Waals surface area contributed by atoms with Crippen LogP contribution in [0.25, 0.3) is 0 Å². The molecule has 0 amide bonds. The number of hydrogen-bond donors (Lipinski definition) is 2. The van der Waals surface area contributed by atoms with Gasteiger partial charge in [0.15, 0.2) is 0 Å². The number of rotatable bonds is 6. The maximum atomic E-state index is 8.89. The largest absolute Gasteiger partial charge is 0.396 e. The fourth-order valence-corrected chi connectivity index (χ4v) is 2.73. The Morgan fingerprint density at radius 2 is 1.65 bits per heavy atom. The fraction of sp³-hybridized carbons (Fsp3) is 1.00. The van der Waals surface area contributed by atoms with Crippen LogP contribution < -0.4 is 5.32 Å². The molecule has 0 atom stereocenters. The Balaban J connectivity index is 2.22. The Kier molecular flexibility index (Phi) is 7.14. The van der Waals surface area contributed by atoms with Gasteiger partial charge in [-0.2, -0.15) is 0 Å². The lowest BCUT2D eigenvalue weighted by molar-refractivity contribution is 0.227. The molecule has 0 bridgehead atoms. The second-order valence-corrected chi connectivity index (χ2v) is 6.41. The van der Waals surface area contributed by atoms with E-state index in [4.69, 9.17) is 5.11 Å². The van der Waals surface area contributed by atoms with Crippen LogP contribution in [-0.4, -0.2) is 24.3 Å². The molecule has 17 heavy (non-hydrogen) atoms. The number of nitrogens with one attached hydrogen (secondary N) is 1. The van der Waals surface area contributed by atoms with E-state index in [1.165, 1.54) is 44.9 Å². The third-order valence-electron chi connectivity index (χ3n) is 3.99. The fourth-order valence-electron chi connectivity index (χ4n) is 2.73. The van der Waals surface area contributed by atoms with Gasteiger partial charge in [-0.3, -0.25) is 0 Å². The predicted octanol–water partition coefficient (Wildman–Crippen LogP) is 3.49. The van der Waals surface area contributed by atoms with Gasteiger partial charge in [0.25, 0.3) is 0 Å². The van der Waals surface area contributed by atoms with E-state index in [-0.39, 0.29) is 0 Å². The van der Waals surface area contributed by atoms with Crippen molar-refractivity contribution in [3.8, 4) is 0 Å². The Morgan fingerprint density at radius 3 is 2.24 bits per heavy atom. The summed E-state index contributed by atoms with van der Waals surface area (Å²) in [4.78, 5) is 0. The average molecular weight is 241 g/mol. The maximum Gasteiger partial charge on any atom is 0.0431 e. The lowest BCUT2D eigenvalue weighted by Crippen LogP contribution is -2.37. The van der Waals surface area contributed by atoms with Crippen molar-refractivity contribution in [1.29, 1.82) is 0 Å². The third-order valence-corrected chi connectivity index (χ3v) is 3.99. The van der Waals surface area contributed by atoms with Gasteiger partial charge in [-0.1, -0.05) is 46.0 Å². The molecule has 2 nitrogen and oxygen atoms in total. The van der Waals surface area contributed by atoms with E-state index in [0.717, 1.165) is 25.4 Å². The monoisotopic (exact) mass is 241 g/mol. The minimum absolute atomic E-state index is 0.325. The molecule has 2 heteroatoms. The van der Waals surface area contributed by atoms with Crippen LogP contribution >= 0.6 is 0 Å². The van der Waals surface area contributed by atoms with Gasteiger partial charge in [0.1, 0.15) is 0 Å². The molecular formula is C15H31NO. The average Bonchev–Trinajstić information content (AvgIpc) is 2.25. The van der Waals surface area contributed by atoms with Gasteiger partial charge in [0.2, 0.25) is 0 Å². The van der Waals surface area contributed by atoms with Crippen molar-refractivity contribution in [2.75, 3.05) is 13.2 Å². The first kappa shape index (κ1) is 15.0. The molecule has 102 valence electrons. The summed E-state index contributed by atoms with van der Waals surface area (Å²) in [6, 6.07) is 0.740. The van der Waals surface area contributed by atoms with Gasteiger partial charge in [-0.05, 0) is 31.1 Å². The highest BCUT2D eigenvalue weighted by molar-refractivity contribution is 4.76. The molecule has 0 aromatic heterocycles. The van der Waals surface area contributed by atoms with Gasteiger partial charge in [-0.15, -0.1) is 0 Å². The van der Waals surface area contributed by atoms with Crippen LogP contribution in [0.3, 0.4) is 0 Å². The zero-order valence-electron chi connectivity index (χ0n) is 11.8. The summed E-state index contributed by atoms with van der Waals surface area (Å²) in [5.74, 6) is 0. The van der Waals surface area contributed by atoms with Crippen molar-refractivity contribution in [3.05, 3.63) is 0 Å². The molecule has 0 aromatic rings. The van der Waals surface area contributed by atoms with Crippen LogP contribution in [0.15, 0.2) is 0 Å². The molecule has 1 aliphatic carbocycles. The highest BCUT2D eigenvalue weighted by atomic mass is 16.2. The van der Waals surface area contributed by atoms with Gasteiger partial charge < -0.3 is 10.4 Å². The molecule has 0 unspecified atom stereocenters. The first-order valence-electron chi connectivity index (χ1n) is 7.48. The highest BCUT2D eigenvalue weighted by Crippen LogP contribution is 2.23. The molecule has 1 fully saturated rings. The van der Waals surface area contributed by atoms with E-state index in [1.54, 1.807) is 0 Å². The normalized spacial score (nSPS) is 19.9. The summed E-state index contributed by atoms with van der Waals surface area (Å²) in [6.45, 7) is 6.03. The minimum Gasteiger partial charge on any atom is -0.396 e. The molecule has 1 aliphatic rings. The number of aliphatic hydroxyl groups is 1. The summed E-state index contributed by atoms with van der Waals surface area (Å²) in [5.41, 5.74) is 0.325. The van der Waals surface area contributed by atoms with Crippen molar-refractivity contribution in [2.45, 2.75) is 77.7 Å². The van der Waals surface area contributed by atoms with E-state index in [2.05, 4.69) is 19.2 Å². The number of aliphatic hydroxyl groups excluding tert-OH is 1. The zero-order valence-corrected chi connectivity index (χ0v) is 11.8. The quantitative estimate of drug-likeness (QED) is 0.746. The standard InChI is InChI=1S/C15H31NO/c1-15(2,11-8-12-17)13-16-14-9-6-4-3-5-7-10-14/h14,16-17H,3-13H2,1-2H3. The van der Waals surface area contributed by atoms with Crippen molar-refractivity contribution < 1.29 is 5.11 Å². The third kappa shape index (κ3) is 7.05. The summed E-state index contributed by atoms with van der Waals surface area (Å²) >= 11 is 0. The SMILES string of the molecule is CC(C)(CCCO)CNC1CCCCCCC1. The van der Waals surface area contributed by atoms with Crippen molar-refractivity contribution in [2.24, 2.45) is 5.41 Å². The van der Waals surface area contributed by atoms with Gasteiger partial charge >= 0.3 is 0 Å². The summed E-state index contributed by atoms with van der Waals surface area (Å²) in [6.07, 6.45) is 11.8. The lowest BCUT2D eigenvalue weighted by atomic mass is 9.87. The molecular weight excluding hydrogens is 210 g/mol. The summed E-state index contributed by atoms with van der Waals surface area (Å²) < 4.78 is 0.